The number of aliphatic hydroxyl groups is 1. The van der Waals surface area contributed by atoms with Gasteiger partial charge in [-0.1, -0.05) is 41.9 Å². The Hall–Kier alpha value is -1.85. The monoisotopic (exact) mass is 333 g/mol. The highest BCUT2D eigenvalue weighted by Gasteiger charge is 2.35. The lowest BCUT2D eigenvalue weighted by atomic mass is 9.75. The minimum absolute atomic E-state index is 0.0358. The Bertz CT molecular complexity index is 680. The summed E-state index contributed by atoms with van der Waals surface area (Å²) in [5, 5.41) is 17.1. The predicted octanol–water partition coefficient (Wildman–Crippen LogP) is 2.19. The van der Waals surface area contributed by atoms with Gasteiger partial charge >= 0.3 is 0 Å². The third-order valence-corrected chi connectivity index (χ3v) is 4.61. The lowest BCUT2D eigenvalue weighted by Crippen LogP contribution is -2.48. The summed E-state index contributed by atoms with van der Waals surface area (Å²) in [6.45, 7) is 0. The molecule has 5 nitrogen and oxygen atoms in total. The average molecular weight is 334 g/mol. The van der Waals surface area contributed by atoms with Gasteiger partial charge in [0.05, 0.1) is 11.1 Å². The van der Waals surface area contributed by atoms with Crippen molar-refractivity contribution in [2.45, 2.75) is 31.4 Å². The van der Waals surface area contributed by atoms with Crippen LogP contribution < -0.4 is 5.32 Å². The maximum absolute atomic E-state index is 12.5. The topological polar surface area (TPSA) is 67.2 Å². The molecule has 0 spiro atoms. The number of hydrogen-bond donors (Lipinski definition) is 2. The molecule has 0 bridgehead atoms. The Morgan fingerprint density at radius 3 is 2.70 bits per heavy atom. The number of hydrogen-bond acceptors (Lipinski definition) is 3. The summed E-state index contributed by atoms with van der Waals surface area (Å²) in [7, 11) is 1.73. The molecule has 23 heavy (non-hydrogen) atoms. The van der Waals surface area contributed by atoms with E-state index in [1.807, 2.05) is 30.3 Å². The van der Waals surface area contributed by atoms with Crippen molar-refractivity contribution in [2.24, 2.45) is 13.0 Å². The number of benzene rings is 1. The van der Waals surface area contributed by atoms with E-state index in [4.69, 9.17) is 11.6 Å². The van der Waals surface area contributed by atoms with Gasteiger partial charge < -0.3 is 10.4 Å². The first kappa shape index (κ1) is 16.0. The van der Waals surface area contributed by atoms with Gasteiger partial charge in [0.25, 0.3) is 5.91 Å². The first-order valence-corrected chi connectivity index (χ1v) is 8.12. The van der Waals surface area contributed by atoms with Gasteiger partial charge in [0.1, 0.15) is 0 Å². The summed E-state index contributed by atoms with van der Waals surface area (Å²) in [6.07, 6.45) is 3.51. The Kier molecular flexibility index (Phi) is 4.68. The number of aromatic nitrogens is 2. The zero-order chi connectivity index (χ0) is 16.4. The maximum atomic E-state index is 12.5. The van der Waals surface area contributed by atoms with Gasteiger partial charge in [0.2, 0.25) is 0 Å². The van der Waals surface area contributed by atoms with Crippen molar-refractivity contribution in [3.63, 3.8) is 0 Å². The number of carbonyl (C=O) groups excluding carboxylic acids is 1. The number of rotatable bonds is 5. The minimum Gasteiger partial charge on any atom is -0.393 e. The third kappa shape index (κ3) is 3.74. The first-order valence-electron chi connectivity index (χ1n) is 7.75. The number of nitrogens with one attached hydrogen (secondary N) is 1. The summed E-state index contributed by atoms with van der Waals surface area (Å²) in [6, 6.07) is 9.99. The van der Waals surface area contributed by atoms with Crippen LogP contribution in [0.2, 0.25) is 5.02 Å². The van der Waals surface area contributed by atoms with Gasteiger partial charge in [-0.25, -0.2) is 0 Å². The number of carbonyl (C=O) groups is 1. The van der Waals surface area contributed by atoms with Crippen LogP contribution in [0.5, 0.6) is 0 Å². The van der Waals surface area contributed by atoms with Gasteiger partial charge in [0, 0.05) is 19.3 Å². The molecule has 0 aliphatic heterocycles. The summed E-state index contributed by atoms with van der Waals surface area (Å²) in [5.74, 6) is 0.00886. The molecule has 1 aromatic heterocycles. The normalized spacial score (nSPS) is 21.5. The molecule has 1 heterocycles. The Balaban J connectivity index is 1.73. The lowest BCUT2D eigenvalue weighted by Gasteiger charge is -2.38. The fraction of sp³-hybridized carbons (Fsp3) is 0.412. The highest BCUT2D eigenvalue weighted by atomic mass is 35.5. The van der Waals surface area contributed by atoms with Gasteiger partial charge in [-0.2, -0.15) is 5.10 Å². The summed E-state index contributed by atoms with van der Waals surface area (Å²) >= 11 is 6.05. The van der Waals surface area contributed by atoms with E-state index in [1.165, 1.54) is 4.68 Å². The molecule has 1 aliphatic rings. The predicted molar refractivity (Wildman–Crippen MR) is 88.3 cm³/mol. The van der Waals surface area contributed by atoms with E-state index >= 15 is 0 Å². The Morgan fingerprint density at radius 2 is 2.13 bits per heavy atom. The SMILES string of the molecule is Cn1cc(Cl)c(C(=O)N[C@H](Cc2ccccc2)C2CC(O)C2)n1. The van der Waals surface area contributed by atoms with Crippen molar-refractivity contribution in [1.82, 2.24) is 15.1 Å². The second-order valence-corrected chi connectivity index (χ2v) is 6.56. The smallest absolute Gasteiger partial charge is 0.273 e. The van der Waals surface area contributed by atoms with Crippen LogP contribution in [0, 0.1) is 5.92 Å². The molecular weight excluding hydrogens is 314 g/mol. The zero-order valence-electron chi connectivity index (χ0n) is 12.9. The molecule has 3 rings (SSSR count). The van der Waals surface area contributed by atoms with E-state index < -0.39 is 0 Å². The van der Waals surface area contributed by atoms with Crippen molar-refractivity contribution in [2.75, 3.05) is 0 Å². The number of nitrogens with zero attached hydrogens (tertiary/aromatic N) is 2. The van der Waals surface area contributed by atoms with Crippen LogP contribution in [-0.2, 0) is 13.5 Å². The molecule has 2 aromatic rings. The highest BCUT2D eigenvalue weighted by molar-refractivity contribution is 6.33. The van der Waals surface area contributed by atoms with Crippen molar-refractivity contribution in [1.29, 1.82) is 0 Å². The average Bonchev–Trinajstić information content (AvgIpc) is 2.83. The fourth-order valence-corrected chi connectivity index (χ4v) is 3.28. The zero-order valence-corrected chi connectivity index (χ0v) is 13.7. The molecule has 1 fully saturated rings. The van der Waals surface area contributed by atoms with E-state index in [0.717, 1.165) is 12.0 Å². The molecule has 122 valence electrons. The Labute approximate surface area is 140 Å². The standard InChI is InChI=1S/C17H20ClN3O2/c1-21-10-14(18)16(20-21)17(23)19-15(12-8-13(22)9-12)7-11-5-3-2-4-6-11/h2-6,10,12-13,15,22H,7-9H2,1H3,(H,19,23)/t12?,13?,15-/m1/s1. The van der Waals surface area contributed by atoms with Crippen molar-refractivity contribution in [3.05, 3.63) is 52.8 Å². The molecule has 0 radical (unpaired) electrons. The second kappa shape index (κ2) is 6.72. The van der Waals surface area contributed by atoms with E-state index in [9.17, 15) is 9.90 Å². The molecular formula is C17H20ClN3O2. The molecule has 0 unspecified atom stereocenters. The quantitative estimate of drug-likeness (QED) is 0.881. The number of halogens is 1. The molecule has 2 N–H and O–H groups in total. The van der Waals surface area contributed by atoms with Gasteiger partial charge in [0.15, 0.2) is 5.69 Å². The third-order valence-electron chi connectivity index (χ3n) is 4.33. The van der Waals surface area contributed by atoms with E-state index in [0.29, 0.717) is 17.9 Å². The van der Waals surface area contributed by atoms with Gasteiger partial charge in [-0.05, 0) is 30.7 Å². The van der Waals surface area contributed by atoms with Crippen molar-refractivity contribution >= 4 is 17.5 Å². The van der Waals surface area contributed by atoms with Crippen LogP contribution in [0.25, 0.3) is 0 Å². The van der Waals surface area contributed by atoms with E-state index in [2.05, 4.69) is 10.4 Å². The number of aryl methyl sites for hydroxylation is 1. The number of amides is 1. The van der Waals surface area contributed by atoms with E-state index in [1.54, 1.807) is 13.2 Å². The summed E-state index contributed by atoms with van der Waals surface area (Å²) in [5.41, 5.74) is 1.40. The molecule has 1 amide bonds. The first-order chi connectivity index (χ1) is 11.0. The fourth-order valence-electron chi connectivity index (χ4n) is 3.01. The van der Waals surface area contributed by atoms with Gasteiger partial charge in [-0.15, -0.1) is 0 Å². The van der Waals surface area contributed by atoms with Crippen LogP contribution >= 0.6 is 11.6 Å². The lowest BCUT2D eigenvalue weighted by molar-refractivity contribution is 0.0238. The minimum atomic E-state index is -0.266. The van der Waals surface area contributed by atoms with Crippen LogP contribution in [0.3, 0.4) is 0 Å². The summed E-state index contributed by atoms with van der Waals surface area (Å²) < 4.78 is 1.52. The van der Waals surface area contributed by atoms with Crippen LogP contribution in [0.1, 0.15) is 28.9 Å². The highest BCUT2D eigenvalue weighted by Crippen LogP contribution is 2.32. The molecule has 1 saturated carbocycles. The van der Waals surface area contributed by atoms with Crippen LogP contribution in [0.4, 0.5) is 0 Å². The molecule has 1 atom stereocenters. The number of aliphatic hydroxyl groups excluding tert-OH is 1. The molecule has 0 saturated heterocycles. The largest absolute Gasteiger partial charge is 0.393 e. The van der Waals surface area contributed by atoms with Gasteiger partial charge in [-0.3, -0.25) is 9.48 Å². The van der Waals surface area contributed by atoms with Crippen molar-refractivity contribution < 1.29 is 9.90 Å². The van der Waals surface area contributed by atoms with Crippen LogP contribution in [0.15, 0.2) is 36.5 Å². The van der Waals surface area contributed by atoms with Crippen LogP contribution in [-0.4, -0.2) is 32.9 Å². The molecule has 1 aliphatic carbocycles. The summed E-state index contributed by atoms with van der Waals surface area (Å²) in [4.78, 5) is 12.5. The van der Waals surface area contributed by atoms with Crippen molar-refractivity contribution in [3.8, 4) is 0 Å². The molecule has 1 aromatic carbocycles. The van der Waals surface area contributed by atoms with E-state index in [-0.39, 0.29) is 29.7 Å². The Morgan fingerprint density at radius 1 is 1.43 bits per heavy atom. The second-order valence-electron chi connectivity index (χ2n) is 6.15. The molecule has 6 heteroatoms. The maximum Gasteiger partial charge on any atom is 0.273 e.